The third kappa shape index (κ3) is 2.26. The summed E-state index contributed by atoms with van der Waals surface area (Å²) in [6.07, 6.45) is 4.61. The molecule has 1 saturated heterocycles. The van der Waals surface area contributed by atoms with Gasteiger partial charge in [-0.3, -0.25) is 9.59 Å². The number of nitrogens with one attached hydrogen (secondary N) is 1. The van der Waals surface area contributed by atoms with Gasteiger partial charge in [-0.15, -0.1) is 0 Å². The predicted octanol–water partition coefficient (Wildman–Crippen LogP) is 2.08. The molecule has 0 aromatic heterocycles. The summed E-state index contributed by atoms with van der Waals surface area (Å²) in [6, 6.07) is -0.0996. The molecular formula is C15H26N2O2. The minimum Gasteiger partial charge on any atom is -0.342 e. The Labute approximate surface area is 115 Å². The highest BCUT2D eigenvalue weighted by Crippen LogP contribution is 2.38. The number of nitrogens with zero attached hydrogens (tertiary/aromatic N) is 1. The first kappa shape index (κ1) is 14.4. The van der Waals surface area contributed by atoms with E-state index in [1.807, 2.05) is 18.7 Å². The molecule has 4 nitrogen and oxygen atoms in total. The van der Waals surface area contributed by atoms with Crippen LogP contribution in [0, 0.1) is 5.92 Å². The van der Waals surface area contributed by atoms with E-state index in [0.29, 0.717) is 12.3 Å². The fourth-order valence-corrected chi connectivity index (χ4v) is 3.18. The number of rotatable bonds is 5. The Bertz CT molecular complexity index is 374. The zero-order chi connectivity index (χ0) is 14.2. The fraction of sp³-hybridized carbons (Fsp3) is 0.867. The topological polar surface area (TPSA) is 49.4 Å². The minimum absolute atomic E-state index is 0.0263. The van der Waals surface area contributed by atoms with Crippen LogP contribution in [0.2, 0.25) is 0 Å². The Hall–Kier alpha value is -1.06. The van der Waals surface area contributed by atoms with E-state index in [-0.39, 0.29) is 23.9 Å². The molecule has 0 spiro atoms. The van der Waals surface area contributed by atoms with Gasteiger partial charge < -0.3 is 10.2 Å². The number of carbonyl (C=O) groups is 2. The van der Waals surface area contributed by atoms with Crippen molar-refractivity contribution in [1.82, 2.24) is 10.2 Å². The largest absolute Gasteiger partial charge is 0.342 e. The van der Waals surface area contributed by atoms with E-state index >= 15 is 0 Å². The molecule has 19 heavy (non-hydrogen) atoms. The lowest BCUT2D eigenvalue weighted by Gasteiger charge is -2.49. The maximum absolute atomic E-state index is 12.8. The number of amides is 2. The maximum atomic E-state index is 12.8. The van der Waals surface area contributed by atoms with Gasteiger partial charge in [0.15, 0.2) is 0 Å². The van der Waals surface area contributed by atoms with Crippen LogP contribution in [0.3, 0.4) is 0 Å². The molecule has 1 aliphatic carbocycles. The van der Waals surface area contributed by atoms with Gasteiger partial charge in [0, 0.05) is 6.04 Å². The molecule has 2 amide bonds. The summed E-state index contributed by atoms with van der Waals surface area (Å²) >= 11 is 0. The van der Waals surface area contributed by atoms with Gasteiger partial charge in [-0.25, -0.2) is 0 Å². The van der Waals surface area contributed by atoms with Crippen molar-refractivity contribution in [2.45, 2.75) is 77.4 Å². The van der Waals surface area contributed by atoms with Crippen molar-refractivity contribution in [1.29, 1.82) is 0 Å². The molecule has 1 aliphatic heterocycles. The summed E-state index contributed by atoms with van der Waals surface area (Å²) in [6.45, 7) is 8.08. The van der Waals surface area contributed by atoms with E-state index < -0.39 is 5.54 Å². The summed E-state index contributed by atoms with van der Waals surface area (Å²) < 4.78 is 0. The monoisotopic (exact) mass is 266 g/mol. The van der Waals surface area contributed by atoms with Crippen LogP contribution in [0.1, 0.15) is 59.8 Å². The molecule has 108 valence electrons. The highest BCUT2D eigenvalue weighted by atomic mass is 16.2. The first-order chi connectivity index (χ1) is 8.99. The second kappa shape index (κ2) is 5.14. The fourth-order valence-electron chi connectivity index (χ4n) is 3.18. The van der Waals surface area contributed by atoms with Crippen molar-refractivity contribution in [3.63, 3.8) is 0 Å². The van der Waals surface area contributed by atoms with Crippen molar-refractivity contribution in [3.8, 4) is 0 Å². The van der Waals surface area contributed by atoms with Gasteiger partial charge in [-0.2, -0.15) is 0 Å². The molecule has 2 fully saturated rings. The van der Waals surface area contributed by atoms with Gasteiger partial charge in [0.1, 0.15) is 11.6 Å². The first-order valence-corrected chi connectivity index (χ1v) is 7.63. The Morgan fingerprint density at radius 1 is 1.26 bits per heavy atom. The van der Waals surface area contributed by atoms with Crippen molar-refractivity contribution in [3.05, 3.63) is 0 Å². The highest BCUT2D eigenvalue weighted by Gasteiger charge is 2.53. The Morgan fingerprint density at radius 3 is 2.26 bits per heavy atom. The molecule has 2 rings (SSSR count). The van der Waals surface area contributed by atoms with E-state index in [9.17, 15) is 9.59 Å². The second-order valence-corrected chi connectivity index (χ2v) is 6.09. The van der Waals surface area contributed by atoms with Crippen LogP contribution in [-0.4, -0.2) is 34.3 Å². The third-order valence-electron chi connectivity index (χ3n) is 4.90. The molecule has 1 N–H and O–H groups in total. The minimum atomic E-state index is -0.681. The Balaban J connectivity index is 2.34. The maximum Gasteiger partial charge on any atom is 0.246 e. The molecule has 2 aliphatic rings. The van der Waals surface area contributed by atoms with Gasteiger partial charge in [0.05, 0.1) is 0 Å². The van der Waals surface area contributed by atoms with Crippen LogP contribution in [0.5, 0.6) is 0 Å². The van der Waals surface area contributed by atoms with Crippen molar-refractivity contribution in [2.75, 3.05) is 0 Å². The van der Waals surface area contributed by atoms with Crippen LogP contribution >= 0.6 is 0 Å². The molecule has 4 heteroatoms. The molecule has 1 heterocycles. The van der Waals surface area contributed by atoms with Crippen LogP contribution in [0.25, 0.3) is 0 Å². The first-order valence-electron chi connectivity index (χ1n) is 7.63. The highest BCUT2D eigenvalue weighted by molar-refractivity contribution is 6.00. The van der Waals surface area contributed by atoms with Crippen molar-refractivity contribution < 1.29 is 9.59 Å². The molecule has 0 aromatic rings. The average molecular weight is 266 g/mol. The van der Waals surface area contributed by atoms with Gasteiger partial charge in [-0.05, 0) is 44.9 Å². The lowest BCUT2D eigenvalue weighted by atomic mass is 9.86. The van der Waals surface area contributed by atoms with E-state index in [2.05, 4.69) is 19.2 Å². The lowest BCUT2D eigenvalue weighted by Crippen LogP contribution is -2.71. The number of carbonyl (C=O) groups excluding carboxylic acids is 2. The molecule has 2 unspecified atom stereocenters. The molecule has 0 radical (unpaired) electrons. The van der Waals surface area contributed by atoms with Crippen LogP contribution in [0.4, 0.5) is 0 Å². The van der Waals surface area contributed by atoms with Gasteiger partial charge in [-0.1, -0.05) is 20.8 Å². The molecule has 2 atom stereocenters. The summed E-state index contributed by atoms with van der Waals surface area (Å²) in [4.78, 5) is 27.2. The van der Waals surface area contributed by atoms with Crippen LogP contribution in [0.15, 0.2) is 0 Å². The van der Waals surface area contributed by atoms with Gasteiger partial charge in [0.25, 0.3) is 0 Å². The quantitative estimate of drug-likeness (QED) is 0.828. The van der Waals surface area contributed by atoms with E-state index in [0.717, 1.165) is 25.7 Å². The van der Waals surface area contributed by atoms with Gasteiger partial charge >= 0.3 is 0 Å². The second-order valence-electron chi connectivity index (χ2n) is 6.09. The predicted molar refractivity (Wildman–Crippen MR) is 74.6 cm³/mol. The third-order valence-corrected chi connectivity index (χ3v) is 4.90. The Kier molecular flexibility index (Phi) is 3.88. The van der Waals surface area contributed by atoms with Crippen molar-refractivity contribution in [2.24, 2.45) is 5.92 Å². The number of hydrogen-bond acceptors (Lipinski definition) is 2. The molecule has 0 bridgehead atoms. The summed E-state index contributed by atoms with van der Waals surface area (Å²) in [5.41, 5.74) is -0.681. The zero-order valence-electron chi connectivity index (χ0n) is 12.5. The summed E-state index contributed by atoms with van der Waals surface area (Å²) in [7, 11) is 0. The summed E-state index contributed by atoms with van der Waals surface area (Å²) in [5.74, 6) is 0.535. The lowest BCUT2D eigenvalue weighted by molar-refractivity contribution is -0.161. The molecule has 0 aromatic carbocycles. The van der Waals surface area contributed by atoms with E-state index in [1.54, 1.807) is 0 Å². The average Bonchev–Trinajstić information content (AvgIpc) is 3.23. The SMILES string of the molecule is CCC(CC)N1C(=O)C(C2CC2)NC(=O)C1(C)CC. The van der Waals surface area contributed by atoms with Gasteiger partial charge in [0.2, 0.25) is 11.8 Å². The Morgan fingerprint density at radius 2 is 1.84 bits per heavy atom. The number of hydrogen-bond donors (Lipinski definition) is 1. The molecular weight excluding hydrogens is 240 g/mol. The zero-order valence-corrected chi connectivity index (χ0v) is 12.5. The van der Waals surface area contributed by atoms with E-state index in [4.69, 9.17) is 0 Å². The van der Waals surface area contributed by atoms with E-state index in [1.165, 1.54) is 0 Å². The standard InChI is InChI=1S/C15H26N2O2/c1-5-11(6-2)17-13(18)12(10-8-9-10)16-14(19)15(17,4)7-3/h10-12H,5-9H2,1-4H3,(H,16,19). The van der Waals surface area contributed by atoms with Crippen LogP contribution in [-0.2, 0) is 9.59 Å². The van der Waals surface area contributed by atoms with Crippen LogP contribution < -0.4 is 5.32 Å². The smallest absolute Gasteiger partial charge is 0.246 e. The van der Waals surface area contributed by atoms with Crippen molar-refractivity contribution >= 4 is 11.8 Å². The number of piperazine rings is 1. The summed E-state index contributed by atoms with van der Waals surface area (Å²) in [5, 5.41) is 2.97. The normalized spacial score (nSPS) is 31.8. The molecule has 1 saturated carbocycles.